The Morgan fingerprint density at radius 3 is 2.29 bits per heavy atom. The number of hydrogen-bond donors (Lipinski definition) is 3. The van der Waals surface area contributed by atoms with Gasteiger partial charge in [-0.1, -0.05) is 19.1 Å². The molecule has 1 rings (SSSR count). The molecule has 0 amide bonds. The Morgan fingerprint density at radius 1 is 1.36 bits per heavy atom. The highest BCUT2D eigenvalue weighted by Crippen LogP contribution is 2.21. The predicted molar refractivity (Wildman–Crippen MR) is 51.8 cm³/mol. The van der Waals surface area contributed by atoms with E-state index in [4.69, 9.17) is 15.9 Å². The molecular formula is C10H13NO3. The zero-order valence-electron chi connectivity index (χ0n) is 7.84. The van der Waals surface area contributed by atoms with Crippen LogP contribution in [0, 0.1) is 5.92 Å². The molecule has 2 atom stereocenters. The number of phenols is 1. The summed E-state index contributed by atoms with van der Waals surface area (Å²) in [6.07, 6.45) is 0. The molecule has 0 radical (unpaired) electrons. The number of carboxylic acids is 1. The van der Waals surface area contributed by atoms with Crippen LogP contribution in [-0.2, 0) is 4.79 Å². The Labute approximate surface area is 82.0 Å². The van der Waals surface area contributed by atoms with Gasteiger partial charge in [-0.15, -0.1) is 0 Å². The highest BCUT2D eigenvalue weighted by molar-refractivity contribution is 5.70. The van der Waals surface area contributed by atoms with Gasteiger partial charge in [0, 0.05) is 6.04 Å². The fraction of sp³-hybridized carbons (Fsp3) is 0.300. The van der Waals surface area contributed by atoms with Crippen molar-refractivity contribution in [3.8, 4) is 5.75 Å². The third-order valence-electron chi connectivity index (χ3n) is 2.21. The van der Waals surface area contributed by atoms with Crippen molar-refractivity contribution in [3.05, 3.63) is 29.8 Å². The zero-order chi connectivity index (χ0) is 10.7. The van der Waals surface area contributed by atoms with Crippen LogP contribution in [0.2, 0.25) is 0 Å². The molecular weight excluding hydrogens is 182 g/mol. The van der Waals surface area contributed by atoms with Gasteiger partial charge in [0.25, 0.3) is 0 Å². The SMILES string of the molecule is C[C@H](C(=O)O)[C@H](N)c1ccc(O)cc1. The molecule has 1 aromatic rings. The van der Waals surface area contributed by atoms with Crippen molar-refractivity contribution in [2.45, 2.75) is 13.0 Å². The molecule has 0 aromatic heterocycles. The fourth-order valence-electron chi connectivity index (χ4n) is 1.14. The van der Waals surface area contributed by atoms with Gasteiger partial charge in [0.15, 0.2) is 0 Å². The molecule has 76 valence electrons. The van der Waals surface area contributed by atoms with Crippen LogP contribution >= 0.6 is 0 Å². The minimum Gasteiger partial charge on any atom is -0.508 e. The maximum atomic E-state index is 10.7. The second kappa shape index (κ2) is 4.11. The van der Waals surface area contributed by atoms with Crippen LogP contribution in [0.5, 0.6) is 5.75 Å². The fourth-order valence-corrected chi connectivity index (χ4v) is 1.14. The largest absolute Gasteiger partial charge is 0.508 e. The molecule has 14 heavy (non-hydrogen) atoms. The highest BCUT2D eigenvalue weighted by Gasteiger charge is 2.21. The third-order valence-corrected chi connectivity index (χ3v) is 2.21. The van der Waals surface area contributed by atoms with Gasteiger partial charge in [-0.25, -0.2) is 0 Å². The Hall–Kier alpha value is -1.55. The van der Waals surface area contributed by atoms with Gasteiger partial charge < -0.3 is 15.9 Å². The summed E-state index contributed by atoms with van der Waals surface area (Å²) in [5.74, 6) is -1.42. The smallest absolute Gasteiger partial charge is 0.308 e. The lowest BCUT2D eigenvalue weighted by Crippen LogP contribution is -2.25. The third kappa shape index (κ3) is 2.23. The molecule has 0 aliphatic carbocycles. The van der Waals surface area contributed by atoms with Crippen molar-refractivity contribution in [1.82, 2.24) is 0 Å². The molecule has 0 unspecified atom stereocenters. The van der Waals surface area contributed by atoms with Crippen molar-refractivity contribution >= 4 is 5.97 Å². The minimum atomic E-state index is -0.925. The van der Waals surface area contributed by atoms with Crippen LogP contribution in [0.3, 0.4) is 0 Å². The molecule has 0 aliphatic rings. The summed E-state index contributed by atoms with van der Waals surface area (Å²) >= 11 is 0. The minimum absolute atomic E-state index is 0.143. The van der Waals surface area contributed by atoms with E-state index in [0.29, 0.717) is 5.56 Å². The molecule has 4 N–H and O–H groups in total. The van der Waals surface area contributed by atoms with E-state index in [9.17, 15) is 4.79 Å². The van der Waals surface area contributed by atoms with E-state index in [1.54, 1.807) is 19.1 Å². The molecule has 0 bridgehead atoms. The summed E-state index contributed by atoms with van der Waals surface area (Å²) < 4.78 is 0. The normalized spacial score (nSPS) is 14.7. The van der Waals surface area contributed by atoms with Crippen LogP contribution in [0.4, 0.5) is 0 Å². The van der Waals surface area contributed by atoms with E-state index in [1.807, 2.05) is 0 Å². The molecule has 0 heterocycles. The van der Waals surface area contributed by atoms with Gasteiger partial charge >= 0.3 is 5.97 Å². The van der Waals surface area contributed by atoms with Gasteiger partial charge in [-0.3, -0.25) is 4.79 Å². The van der Waals surface area contributed by atoms with E-state index in [1.165, 1.54) is 12.1 Å². The number of nitrogens with two attached hydrogens (primary N) is 1. The Balaban J connectivity index is 2.84. The molecule has 1 aromatic carbocycles. The Bertz CT molecular complexity index is 321. The zero-order valence-corrected chi connectivity index (χ0v) is 7.84. The number of hydrogen-bond acceptors (Lipinski definition) is 3. The summed E-state index contributed by atoms with van der Waals surface area (Å²) in [6.45, 7) is 1.56. The first kappa shape index (κ1) is 10.5. The highest BCUT2D eigenvalue weighted by atomic mass is 16.4. The topological polar surface area (TPSA) is 83.5 Å². The second-order valence-corrected chi connectivity index (χ2v) is 3.24. The lowest BCUT2D eigenvalue weighted by Gasteiger charge is -2.16. The van der Waals surface area contributed by atoms with Crippen LogP contribution < -0.4 is 5.73 Å². The second-order valence-electron chi connectivity index (χ2n) is 3.24. The number of benzene rings is 1. The van der Waals surface area contributed by atoms with Crippen molar-refractivity contribution in [3.63, 3.8) is 0 Å². The van der Waals surface area contributed by atoms with Crippen molar-refractivity contribution in [2.75, 3.05) is 0 Å². The van der Waals surface area contributed by atoms with E-state index in [0.717, 1.165) is 0 Å². The number of carbonyl (C=O) groups is 1. The molecule has 0 spiro atoms. The molecule has 4 nitrogen and oxygen atoms in total. The van der Waals surface area contributed by atoms with Gasteiger partial charge in [0.05, 0.1) is 5.92 Å². The summed E-state index contributed by atoms with van der Waals surface area (Å²) in [4.78, 5) is 10.7. The van der Waals surface area contributed by atoms with Crippen molar-refractivity contribution < 1.29 is 15.0 Å². The van der Waals surface area contributed by atoms with E-state index < -0.39 is 17.9 Å². The number of aromatic hydroxyl groups is 1. The maximum Gasteiger partial charge on any atom is 0.308 e. The standard InChI is InChI=1S/C10H13NO3/c1-6(10(13)14)9(11)7-2-4-8(12)5-3-7/h2-6,9,12H,11H2,1H3,(H,13,14)/t6-,9-/m0/s1. The lowest BCUT2D eigenvalue weighted by atomic mass is 9.95. The van der Waals surface area contributed by atoms with E-state index in [2.05, 4.69) is 0 Å². The first-order valence-electron chi connectivity index (χ1n) is 4.29. The van der Waals surface area contributed by atoms with Crippen LogP contribution in [0.25, 0.3) is 0 Å². The molecule has 0 fully saturated rings. The summed E-state index contributed by atoms with van der Waals surface area (Å²) in [5, 5.41) is 17.8. The number of aliphatic carboxylic acids is 1. The predicted octanol–water partition coefficient (Wildman–Crippen LogP) is 1.11. The maximum absolute atomic E-state index is 10.7. The van der Waals surface area contributed by atoms with Crippen molar-refractivity contribution in [1.29, 1.82) is 0 Å². The molecule has 0 saturated carbocycles. The average Bonchev–Trinajstić information content (AvgIpc) is 2.16. The van der Waals surface area contributed by atoms with Gasteiger partial charge in [-0.05, 0) is 17.7 Å². The Kier molecular flexibility index (Phi) is 3.09. The molecule has 0 aliphatic heterocycles. The van der Waals surface area contributed by atoms with Gasteiger partial charge in [0.1, 0.15) is 5.75 Å². The van der Waals surface area contributed by atoms with Crippen LogP contribution in [0.1, 0.15) is 18.5 Å². The lowest BCUT2D eigenvalue weighted by molar-refractivity contribution is -0.141. The summed E-state index contributed by atoms with van der Waals surface area (Å²) in [7, 11) is 0. The van der Waals surface area contributed by atoms with Gasteiger partial charge in [-0.2, -0.15) is 0 Å². The van der Waals surface area contributed by atoms with E-state index in [-0.39, 0.29) is 5.75 Å². The van der Waals surface area contributed by atoms with Crippen LogP contribution in [0.15, 0.2) is 24.3 Å². The molecule has 0 saturated heterocycles. The Morgan fingerprint density at radius 2 is 1.86 bits per heavy atom. The van der Waals surface area contributed by atoms with Gasteiger partial charge in [0.2, 0.25) is 0 Å². The summed E-state index contributed by atoms with van der Waals surface area (Å²) in [6, 6.07) is 5.68. The monoisotopic (exact) mass is 195 g/mol. The summed E-state index contributed by atoms with van der Waals surface area (Å²) in [5.41, 5.74) is 6.43. The molecule has 4 heteroatoms. The first-order valence-corrected chi connectivity index (χ1v) is 4.29. The quantitative estimate of drug-likeness (QED) is 0.674. The van der Waals surface area contributed by atoms with Crippen molar-refractivity contribution in [2.24, 2.45) is 11.7 Å². The first-order chi connectivity index (χ1) is 6.52. The number of rotatable bonds is 3. The van der Waals surface area contributed by atoms with Crippen LogP contribution in [-0.4, -0.2) is 16.2 Å². The number of carboxylic acid groups (broad SMARTS) is 1. The van der Waals surface area contributed by atoms with E-state index >= 15 is 0 Å². The average molecular weight is 195 g/mol. The number of phenolic OH excluding ortho intramolecular Hbond substituents is 1.